The molecule has 0 radical (unpaired) electrons. The van der Waals surface area contributed by atoms with Gasteiger partial charge < -0.3 is 5.73 Å². The van der Waals surface area contributed by atoms with Crippen LogP contribution in [0.2, 0.25) is 0 Å². The van der Waals surface area contributed by atoms with Crippen molar-refractivity contribution in [3.8, 4) is 0 Å². The van der Waals surface area contributed by atoms with Gasteiger partial charge in [-0.15, -0.1) is 0 Å². The smallest absolute Gasteiger partial charge is 0.241 e. The van der Waals surface area contributed by atoms with Gasteiger partial charge in [0.1, 0.15) is 0 Å². The van der Waals surface area contributed by atoms with Crippen LogP contribution in [0.15, 0.2) is 29.2 Å². The van der Waals surface area contributed by atoms with E-state index in [1.54, 1.807) is 18.2 Å². The van der Waals surface area contributed by atoms with Crippen LogP contribution < -0.4 is 10.5 Å². The summed E-state index contributed by atoms with van der Waals surface area (Å²) in [4.78, 5) is 0.316. The van der Waals surface area contributed by atoms with Gasteiger partial charge in [0.15, 0.2) is 0 Å². The molecule has 0 aliphatic heterocycles. The van der Waals surface area contributed by atoms with Crippen LogP contribution in [-0.4, -0.2) is 14.5 Å². The third-order valence-electron chi connectivity index (χ3n) is 3.82. The molecule has 1 aliphatic rings. The Kier molecular flexibility index (Phi) is 4.60. The van der Waals surface area contributed by atoms with Gasteiger partial charge in [-0.1, -0.05) is 25.1 Å². The van der Waals surface area contributed by atoms with E-state index in [1.165, 1.54) is 0 Å². The van der Waals surface area contributed by atoms with Crippen molar-refractivity contribution in [1.29, 1.82) is 0 Å². The molecule has 0 spiro atoms. The molecule has 1 aromatic carbocycles. The van der Waals surface area contributed by atoms with Crippen LogP contribution in [0.25, 0.3) is 0 Å². The Morgan fingerprint density at radius 2 is 1.84 bits per heavy atom. The van der Waals surface area contributed by atoms with Crippen molar-refractivity contribution in [2.24, 2.45) is 11.7 Å². The first kappa shape index (κ1) is 14.5. The predicted octanol–water partition coefficient (Wildman–Crippen LogP) is 2.00. The fourth-order valence-corrected chi connectivity index (χ4v) is 4.15. The normalized spacial score (nSPS) is 24.3. The summed E-state index contributed by atoms with van der Waals surface area (Å²) in [6.07, 6.45) is 4.02. The largest absolute Gasteiger partial charge is 0.326 e. The van der Waals surface area contributed by atoms with E-state index in [1.807, 2.05) is 6.07 Å². The molecule has 0 heterocycles. The standard InChI is InChI=1S/C14H22N2O2S/c1-11-6-8-13(9-7-11)16-19(17,18)14-5-3-2-4-12(14)10-15/h2-5,11,13,16H,6-10,15H2,1H3. The number of nitrogens with two attached hydrogens (primary N) is 1. The highest BCUT2D eigenvalue weighted by atomic mass is 32.2. The summed E-state index contributed by atoms with van der Waals surface area (Å²) in [6.45, 7) is 2.45. The van der Waals surface area contributed by atoms with Gasteiger partial charge in [-0.05, 0) is 43.2 Å². The number of rotatable bonds is 4. The number of nitrogens with one attached hydrogen (secondary N) is 1. The predicted molar refractivity (Wildman–Crippen MR) is 76.1 cm³/mol. The van der Waals surface area contributed by atoms with E-state index in [2.05, 4.69) is 11.6 Å². The molecule has 1 fully saturated rings. The van der Waals surface area contributed by atoms with Crippen LogP contribution in [0.3, 0.4) is 0 Å². The zero-order valence-electron chi connectivity index (χ0n) is 11.3. The second-order valence-corrected chi connectivity index (χ2v) is 7.07. The Balaban J connectivity index is 2.14. The molecule has 1 saturated carbocycles. The van der Waals surface area contributed by atoms with Gasteiger partial charge in [0.25, 0.3) is 0 Å². The topological polar surface area (TPSA) is 72.2 Å². The Morgan fingerprint density at radius 3 is 2.47 bits per heavy atom. The van der Waals surface area contributed by atoms with E-state index in [0.717, 1.165) is 25.7 Å². The third kappa shape index (κ3) is 3.55. The second kappa shape index (κ2) is 6.03. The van der Waals surface area contributed by atoms with E-state index in [4.69, 9.17) is 5.73 Å². The summed E-state index contributed by atoms with van der Waals surface area (Å²) < 4.78 is 27.6. The maximum Gasteiger partial charge on any atom is 0.241 e. The zero-order valence-corrected chi connectivity index (χ0v) is 12.1. The summed E-state index contributed by atoms with van der Waals surface area (Å²) >= 11 is 0. The SMILES string of the molecule is CC1CCC(NS(=O)(=O)c2ccccc2CN)CC1. The van der Waals surface area contributed by atoms with E-state index in [-0.39, 0.29) is 12.6 Å². The maximum absolute atomic E-state index is 12.4. The fraction of sp³-hybridized carbons (Fsp3) is 0.571. The highest BCUT2D eigenvalue weighted by Gasteiger charge is 2.25. The van der Waals surface area contributed by atoms with E-state index in [0.29, 0.717) is 16.4 Å². The lowest BCUT2D eigenvalue weighted by Crippen LogP contribution is -2.37. The minimum absolute atomic E-state index is 0.0621. The molecule has 0 saturated heterocycles. The average molecular weight is 282 g/mol. The highest BCUT2D eigenvalue weighted by molar-refractivity contribution is 7.89. The Hall–Kier alpha value is -0.910. The number of benzene rings is 1. The molecule has 4 nitrogen and oxygen atoms in total. The van der Waals surface area contributed by atoms with Crippen molar-refractivity contribution in [2.45, 2.75) is 50.1 Å². The summed E-state index contributed by atoms with van der Waals surface area (Å²) in [5.74, 6) is 0.706. The molecule has 106 valence electrons. The molecule has 19 heavy (non-hydrogen) atoms. The van der Waals surface area contributed by atoms with E-state index in [9.17, 15) is 8.42 Å². The van der Waals surface area contributed by atoms with Crippen molar-refractivity contribution >= 4 is 10.0 Å². The van der Waals surface area contributed by atoms with Crippen LogP contribution in [0.5, 0.6) is 0 Å². The van der Waals surface area contributed by atoms with Crippen molar-refractivity contribution in [2.75, 3.05) is 0 Å². The zero-order chi connectivity index (χ0) is 13.9. The number of hydrogen-bond acceptors (Lipinski definition) is 3. The molecular weight excluding hydrogens is 260 g/mol. The van der Waals surface area contributed by atoms with Crippen molar-refractivity contribution in [3.63, 3.8) is 0 Å². The summed E-state index contributed by atoms with van der Waals surface area (Å²) in [5.41, 5.74) is 6.27. The minimum atomic E-state index is -3.45. The molecular formula is C14H22N2O2S. The van der Waals surface area contributed by atoms with Gasteiger partial charge in [-0.25, -0.2) is 13.1 Å². The highest BCUT2D eigenvalue weighted by Crippen LogP contribution is 2.25. The van der Waals surface area contributed by atoms with Gasteiger partial charge in [0.2, 0.25) is 10.0 Å². The monoisotopic (exact) mass is 282 g/mol. The van der Waals surface area contributed by atoms with Crippen LogP contribution in [0.4, 0.5) is 0 Å². The van der Waals surface area contributed by atoms with Gasteiger partial charge in [0, 0.05) is 12.6 Å². The molecule has 3 N–H and O–H groups in total. The molecule has 2 rings (SSSR count). The van der Waals surface area contributed by atoms with Gasteiger partial charge in [-0.3, -0.25) is 0 Å². The lowest BCUT2D eigenvalue weighted by atomic mass is 9.88. The summed E-state index contributed by atoms with van der Waals surface area (Å²) in [7, 11) is -3.45. The molecule has 0 unspecified atom stereocenters. The van der Waals surface area contributed by atoms with Gasteiger partial charge >= 0.3 is 0 Å². The summed E-state index contributed by atoms with van der Waals surface area (Å²) in [5, 5.41) is 0. The third-order valence-corrected chi connectivity index (χ3v) is 5.44. The Bertz CT molecular complexity index is 520. The molecule has 5 heteroatoms. The molecule has 0 atom stereocenters. The number of sulfonamides is 1. The maximum atomic E-state index is 12.4. The van der Waals surface area contributed by atoms with E-state index < -0.39 is 10.0 Å². The fourth-order valence-electron chi connectivity index (χ4n) is 2.60. The minimum Gasteiger partial charge on any atom is -0.326 e. The van der Waals surface area contributed by atoms with Crippen LogP contribution >= 0.6 is 0 Å². The van der Waals surface area contributed by atoms with Crippen LogP contribution in [-0.2, 0) is 16.6 Å². The molecule has 0 bridgehead atoms. The number of hydrogen-bond donors (Lipinski definition) is 2. The summed E-state index contributed by atoms with van der Waals surface area (Å²) in [6, 6.07) is 6.99. The molecule has 1 aromatic rings. The quantitative estimate of drug-likeness (QED) is 0.887. The first-order chi connectivity index (χ1) is 9.03. The van der Waals surface area contributed by atoms with Crippen molar-refractivity contribution in [1.82, 2.24) is 4.72 Å². The van der Waals surface area contributed by atoms with Crippen LogP contribution in [0.1, 0.15) is 38.2 Å². The first-order valence-electron chi connectivity index (χ1n) is 6.83. The van der Waals surface area contributed by atoms with Crippen molar-refractivity contribution < 1.29 is 8.42 Å². The average Bonchev–Trinajstić information content (AvgIpc) is 2.41. The van der Waals surface area contributed by atoms with Gasteiger partial charge in [0.05, 0.1) is 4.90 Å². The molecule has 0 amide bonds. The Labute approximate surface area is 115 Å². The molecule has 1 aliphatic carbocycles. The first-order valence-corrected chi connectivity index (χ1v) is 8.31. The Morgan fingerprint density at radius 1 is 1.21 bits per heavy atom. The lowest BCUT2D eigenvalue weighted by Gasteiger charge is -2.27. The van der Waals surface area contributed by atoms with Gasteiger partial charge in [-0.2, -0.15) is 0 Å². The lowest BCUT2D eigenvalue weighted by molar-refractivity contribution is 0.332. The van der Waals surface area contributed by atoms with E-state index >= 15 is 0 Å². The molecule has 0 aromatic heterocycles. The van der Waals surface area contributed by atoms with Crippen LogP contribution in [0, 0.1) is 5.92 Å². The second-order valence-electron chi connectivity index (χ2n) is 5.39. The van der Waals surface area contributed by atoms with Crippen molar-refractivity contribution in [3.05, 3.63) is 29.8 Å².